The van der Waals surface area contributed by atoms with Gasteiger partial charge in [0.1, 0.15) is 0 Å². The summed E-state index contributed by atoms with van der Waals surface area (Å²) in [5.41, 5.74) is 0. The first-order valence-electron chi connectivity index (χ1n) is 14.2. The van der Waals surface area contributed by atoms with Crippen LogP contribution in [0.4, 0.5) is 0 Å². The zero-order valence-electron chi connectivity index (χ0n) is 34.1. The van der Waals surface area contributed by atoms with Crippen molar-refractivity contribution in [2.45, 2.75) is 89.9 Å². The van der Waals surface area contributed by atoms with E-state index in [2.05, 4.69) is 21.3 Å². The zero-order valence-corrected chi connectivity index (χ0v) is 50.1. The van der Waals surface area contributed by atoms with E-state index in [0.29, 0.717) is 0 Å². The van der Waals surface area contributed by atoms with Crippen LogP contribution in [0.25, 0.3) is 0 Å². The Morgan fingerprint density at radius 2 is 0.281 bits per heavy atom. The Balaban J connectivity index is -0.00000000697. The summed E-state index contributed by atoms with van der Waals surface area (Å²) in [5.74, 6) is 4.30. The molecule has 38 heteroatoms. The fraction of sp³-hybridized carbons (Fsp3) is 1.00. The van der Waals surface area contributed by atoms with Crippen LogP contribution in [0.3, 0.4) is 0 Å². The van der Waals surface area contributed by atoms with E-state index in [0.717, 1.165) is 23.7 Å². The van der Waals surface area contributed by atoms with Crippen LogP contribution in [0.15, 0.2) is 0 Å². The second-order valence-corrected chi connectivity index (χ2v) is 11.1. The first-order chi connectivity index (χ1) is 14.9. The predicted molar refractivity (Wildman–Crippen MR) is 143 cm³/mol. The quantitative estimate of drug-likeness (QED) is 0.178. The number of hydrogen-bond donors (Lipinski definition) is 4. The molecule has 0 radical (unpaired) electrons. The topological polar surface area (TPSA) is 807 Å². The molecule has 4 aliphatic heterocycles. The Labute approximate surface area is 493 Å². The number of hydrogen-bond acceptors (Lipinski definition) is 0. The van der Waals surface area contributed by atoms with E-state index in [4.69, 9.17) is 0 Å². The molecule has 8 N–H and O–H groups in total. The minimum absolute atomic E-state index is 0. The molecule has 4 fully saturated rings. The summed E-state index contributed by atoms with van der Waals surface area (Å²) in [5, 5.41) is 9.92. The van der Waals surface area contributed by atoms with Gasteiger partial charge in [0.05, 0.1) is 52.4 Å². The van der Waals surface area contributed by atoms with Crippen molar-refractivity contribution in [3.63, 3.8) is 0 Å². The smallest absolute Gasteiger partial charge is 0.0758 e. The largest absolute Gasteiger partial charge is 2.00 e. The Morgan fingerprint density at radius 1 is 0.188 bits per heavy atom. The predicted octanol–water partition coefficient (Wildman–Crippen LogP) is -2.90. The van der Waals surface area contributed by atoms with Crippen molar-refractivity contribution in [2.75, 3.05) is 52.4 Å². The maximum absolute atomic E-state index is 2.48. The zero-order chi connectivity index (χ0) is 20.7. The Hall–Kier alpha value is 4.31. The molecule has 30 nitrogen and oxygen atoms in total. The molecule has 4 aliphatic rings. The van der Waals surface area contributed by atoms with Crippen LogP contribution in [0.1, 0.15) is 89.9 Å². The van der Waals surface area contributed by atoms with Crippen molar-refractivity contribution in [3.8, 4) is 0 Å². The molecule has 0 unspecified atom stereocenters. The van der Waals surface area contributed by atoms with E-state index in [9.17, 15) is 0 Å². The summed E-state index contributed by atoms with van der Waals surface area (Å²) >= 11 is 0. The van der Waals surface area contributed by atoms with E-state index in [1.807, 2.05) is 0 Å². The summed E-state index contributed by atoms with van der Waals surface area (Å²) in [6.07, 6.45) is 21.0. The average molecular weight is 1610 g/mol. The molecule has 0 spiro atoms. The van der Waals surface area contributed by atoms with Crippen LogP contribution < -0.4 is 21.3 Å². The maximum Gasteiger partial charge on any atom is 0.0758 e. The third kappa shape index (κ3) is 121. The minimum Gasteiger partial charge on any atom is -2.00 e. The number of piperidine rings is 4. The first kappa shape index (κ1) is 235. The molecule has 0 saturated carbocycles. The molecule has 0 aliphatic carbocycles. The first-order valence-corrected chi connectivity index (χ1v) is 14.2. The normalized spacial score (nSPS) is 12.0. The molecule has 4 saturated heterocycles. The summed E-state index contributed by atoms with van der Waals surface area (Å²) < 4.78 is 0. The van der Waals surface area contributed by atoms with Crippen LogP contribution in [0, 0.1) is 23.7 Å². The van der Waals surface area contributed by atoms with Crippen molar-refractivity contribution < 1.29 is 332 Å². The summed E-state index contributed by atoms with van der Waals surface area (Å²) in [4.78, 5) is 0. The van der Waals surface area contributed by atoms with Gasteiger partial charge in [-0.25, -0.2) is 0 Å². The molecule has 4 rings (SSSR count). The summed E-state index contributed by atoms with van der Waals surface area (Å²) in [6, 6.07) is 0. The fourth-order valence-corrected chi connectivity index (χ4v) is 6.53. The molecule has 0 bridgehead atoms. The van der Waals surface area contributed by atoms with E-state index in [1.54, 1.807) is 0 Å². The van der Waals surface area contributed by atoms with Crippen LogP contribution in [-0.4, -0.2) is 52.4 Å². The molecular formula is C26H56Mo8N4O26-48. The van der Waals surface area contributed by atoms with E-state index < -0.39 is 0 Å². The van der Waals surface area contributed by atoms with Gasteiger partial charge in [-0.2, -0.15) is 0 Å². The van der Waals surface area contributed by atoms with E-state index >= 15 is 0 Å². The van der Waals surface area contributed by atoms with Gasteiger partial charge in [0, 0.05) is 169 Å². The van der Waals surface area contributed by atoms with E-state index in [-0.39, 0.29) is 311 Å². The van der Waals surface area contributed by atoms with Gasteiger partial charge in [0.15, 0.2) is 0 Å². The van der Waals surface area contributed by atoms with E-state index in [1.165, 1.54) is 142 Å². The fourth-order valence-electron chi connectivity index (χ4n) is 6.53. The van der Waals surface area contributed by atoms with Crippen molar-refractivity contribution in [1.82, 2.24) is 0 Å². The average Bonchev–Trinajstić information content (AvgIpc) is 2.82. The second kappa shape index (κ2) is 165. The van der Waals surface area contributed by atoms with Gasteiger partial charge in [-0.1, -0.05) is 38.5 Å². The minimum atomic E-state index is 0. The Morgan fingerprint density at radius 3 is 0.375 bits per heavy atom. The molecule has 0 aromatic heterocycles. The number of nitrogens with two attached hydrogens (primary N) is 4. The van der Waals surface area contributed by atoms with Crippen molar-refractivity contribution in [2.24, 2.45) is 23.7 Å². The Kier molecular flexibility index (Phi) is 606. The van der Waals surface area contributed by atoms with Crippen molar-refractivity contribution >= 4 is 0 Å². The molecule has 0 amide bonds. The summed E-state index contributed by atoms with van der Waals surface area (Å²) in [6.45, 7) is 11.1. The third-order valence-electron chi connectivity index (χ3n) is 8.68. The number of rotatable bonds is 8. The van der Waals surface area contributed by atoms with Gasteiger partial charge in [0.25, 0.3) is 0 Å². The molecule has 4 heterocycles. The van der Waals surface area contributed by atoms with Gasteiger partial charge >= 0.3 is 0 Å². The molecule has 0 atom stereocenters. The van der Waals surface area contributed by atoms with Gasteiger partial charge < -0.3 is 164 Å². The summed E-state index contributed by atoms with van der Waals surface area (Å²) in [7, 11) is 0. The van der Waals surface area contributed by atoms with Crippen LogP contribution in [0.2, 0.25) is 0 Å². The van der Waals surface area contributed by atoms with Crippen LogP contribution in [0.5, 0.6) is 0 Å². The van der Waals surface area contributed by atoms with Crippen LogP contribution >= 0.6 is 0 Å². The number of quaternary nitrogens is 4. The van der Waals surface area contributed by atoms with Gasteiger partial charge in [0.2, 0.25) is 0 Å². The SMILES string of the molecule is C(CC1CC[NH2+]CC1)CC1CC[NH2+]CC1.C(CC1CC[NH2+]CC1)CC1CC[NH2+]CC1.[Mo].[Mo].[Mo].[Mo].[Mo].[Mo].[Mo].[Mo].[O-2].[O-2].[O-2].[O-2].[O-2].[O-2].[O-2].[O-2].[O-2].[O-2].[O-2].[O-2].[O-2].[O-2].[O-2].[O-2].[O-2].[O-2].[O-2].[O-2].[O-2].[O-2].[O-2].[O-2].[O-2].[O-2]. The molecule has 432 valence electrons. The monoisotopic (exact) mass is 1620 g/mol. The molecule has 0 aromatic rings. The van der Waals surface area contributed by atoms with Gasteiger partial charge in [-0.15, -0.1) is 0 Å². The molecule has 64 heavy (non-hydrogen) atoms. The second-order valence-electron chi connectivity index (χ2n) is 11.1. The standard InChI is InChI=1S/2C13H26N2.8Mo.26O/c2*1(2-12-4-8-14-9-5-12)3-13-6-10-15-11-7-13;;;;;;;;;;;;;;;;;;;;;;;;;;;;;;;;;;/h2*12-15H,1-11H2;;;;;;;;;;;;;;;;;;;;;;;;;;;;;;;;;;/q;;;;;;;;;;26*-2/p+4. The maximum atomic E-state index is 2.48. The Bertz CT molecular complexity index is 408. The molecule has 0 aromatic carbocycles. The van der Waals surface area contributed by atoms with Crippen molar-refractivity contribution in [3.05, 3.63) is 0 Å². The van der Waals surface area contributed by atoms with Gasteiger partial charge in [-0.3, -0.25) is 0 Å². The molecular weight excluding hydrogens is 1550 g/mol. The van der Waals surface area contributed by atoms with Crippen molar-refractivity contribution in [1.29, 1.82) is 0 Å². The third-order valence-corrected chi connectivity index (χ3v) is 8.68. The van der Waals surface area contributed by atoms with Gasteiger partial charge in [-0.05, 0) is 75.0 Å². The van der Waals surface area contributed by atoms with Crippen LogP contribution in [-0.2, 0) is 311 Å².